The van der Waals surface area contributed by atoms with E-state index in [2.05, 4.69) is 4.99 Å². The van der Waals surface area contributed by atoms with Crippen LogP contribution in [0.15, 0.2) is 23.2 Å². The number of nitro groups is 1. The van der Waals surface area contributed by atoms with Crippen molar-refractivity contribution < 1.29 is 9.72 Å². The van der Waals surface area contributed by atoms with Crippen molar-refractivity contribution in [3.05, 3.63) is 38.9 Å². The van der Waals surface area contributed by atoms with Crippen LogP contribution in [0.3, 0.4) is 0 Å². The minimum Gasteiger partial charge on any atom is -0.258 e. The van der Waals surface area contributed by atoms with E-state index >= 15 is 0 Å². The number of carbonyl (C=O) groups excluding carboxylic acids is 1. The molecule has 0 aliphatic heterocycles. The number of hydrogen-bond acceptors (Lipinski definition) is 4. The predicted octanol–water partition coefficient (Wildman–Crippen LogP) is 2.13. The number of nitro benzene ring substituents is 1. The molecule has 0 spiro atoms. The molecule has 6 heteroatoms. The highest BCUT2D eigenvalue weighted by Crippen LogP contribution is 2.26. The molecule has 0 heterocycles. The first-order chi connectivity index (χ1) is 7.16. The second-order valence-electron chi connectivity index (χ2n) is 2.72. The van der Waals surface area contributed by atoms with E-state index in [0.29, 0.717) is 10.6 Å². The van der Waals surface area contributed by atoms with Crippen molar-refractivity contribution in [3.8, 4) is 0 Å². The van der Waals surface area contributed by atoms with Gasteiger partial charge in [-0.3, -0.25) is 10.1 Å². The molecule has 1 rings (SSSR count). The van der Waals surface area contributed by atoms with Gasteiger partial charge in [0.05, 0.1) is 22.1 Å². The fraction of sp³-hybridized carbons (Fsp3) is 0.222. The van der Waals surface area contributed by atoms with Crippen molar-refractivity contribution in [2.45, 2.75) is 6.42 Å². The zero-order valence-corrected chi connectivity index (χ0v) is 8.40. The molecule has 0 radical (unpaired) electrons. The highest BCUT2D eigenvalue weighted by atomic mass is 35.5. The van der Waals surface area contributed by atoms with Crippen LogP contribution in [-0.4, -0.2) is 17.5 Å². The fourth-order valence-corrected chi connectivity index (χ4v) is 1.44. The first kappa shape index (κ1) is 11.4. The zero-order valence-electron chi connectivity index (χ0n) is 7.64. The third-order valence-corrected chi connectivity index (χ3v) is 2.18. The number of rotatable bonds is 4. The van der Waals surface area contributed by atoms with Crippen molar-refractivity contribution in [3.63, 3.8) is 0 Å². The molecule has 15 heavy (non-hydrogen) atoms. The quantitative estimate of drug-likeness (QED) is 0.342. The van der Waals surface area contributed by atoms with Gasteiger partial charge in [-0.25, -0.2) is 9.79 Å². The molecule has 1 aromatic carbocycles. The summed E-state index contributed by atoms with van der Waals surface area (Å²) in [4.78, 5) is 23.3. The third-order valence-electron chi connectivity index (χ3n) is 1.83. The normalized spacial score (nSPS) is 9.40. The summed E-state index contributed by atoms with van der Waals surface area (Å²) in [5, 5.41) is 11.0. The Balaban J connectivity index is 3.01. The molecule has 0 aromatic heterocycles. The molecule has 5 nitrogen and oxygen atoms in total. The molecule has 1 aromatic rings. The largest absolute Gasteiger partial charge is 0.274 e. The molecule has 78 valence electrons. The summed E-state index contributed by atoms with van der Waals surface area (Å²) in [5.74, 6) is 0. The Kier molecular flexibility index (Phi) is 3.97. The van der Waals surface area contributed by atoms with Gasteiger partial charge in [-0.05, 0) is 6.07 Å². The summed E-state index contributed by atoms with van der Waals surface area (Å²) in [5.41, 5.74) is 0.340. The molecular weight excluding hydrogens is 220 g/mol. The lowest BCUT2D eigenvalue weighted by molar-refractivity contribution is -0.385. The number of benzene rings is 1. The van der Waals surface area contributed by atoms with Crippen LogP contribution in [0, 0.1) is 10.1 Å². The van der Waals surface area contributed by atoms with Crippen LogP contribution in [-0.2, 0) is 11.2 Å². The van der Waals surface area contributed by atoms with Gasteiger partial charge in [0.1, 0.15) is 0 Å². The maximum absolute atomic E-state index is 10.6. The minimum absolute atomic E-state index is 0.0522. The molecular formula is C9H7ClN2O3. The van der Waals surface area contributed by atoms with Crippen LogP contribution >= 0.6 is 11.6 Å². The van der Waals surface area contributed by atoms with Crippen LogP contribution in [0.25, 0.3) is 0 Å². The Bertz CT molecular complexity index is 427. The molecule has 0 saturated heterocycles. The molecule has 0 fully saturated rings. The summed E-state index contributed by atoms with van der Waals surface area (Å²) in [7, 11) is 0. The average Bonchev–Trinajstić information content (AvgIpc) is 2.20. The number of halogens is 1. The van der Waals surface area contributed by atoms with Crippen molar-refractivity contribution in [2.24, 2.45) is 4.99 Å². The summed E-state index contributed by atoms with van der Waals surface area (Å²) in [6.45, 7) is 0.147. The summed E-state index contributed by atoms with van der Waals surface area (Å²) in [6, 6.07) is 4.44. The van der Waals surface area contributed by atoms with Gasteiger partial charge in [0.25, 0.3) is 5.69 Å². The minimum atomic E-state index is -0.508. The summed E-state index contributed by atoms with van der Waals surface area (Å²) in [6.07, 6.45) is 1.62. The van der Waals surface area contributed by atoms with Gasteiger partial charge in [-0.15, -0.1) is 0 Å². The Labute approximate surface area is 90.5 Å². The second kappa shape index (κ2) is 5.24. The lowest BCUT2D eigenvalue weighted by atomic mass is 10.1. The van der Waals surface area contributed by atoms with E-state index in [1.165, 1.54) is 18.2 Å². The van der Waals surface area contributed by atoms with Crippen LogP contribution < -0.4 is 0 Å². The van der Waals surface area contributed by atoms with Crippen LogP contribution in [0.4, 0.5) is 5.69 Å². The van der Waals surface area contributed by atoms with Gasteiger partial charge in [0.2, 0.25) is 6.08 Å². The second-order valence-corrected chi connectivity index (χ2v) is 3.12. The molecule has 0 bridgehead atoms. The SMILES string of the molecule is O=C=NCCc1c(Cl)cccc1[N+](=O)[O-]. The average molecular weight is 227 g/mol. The zero-order chi connectivity index (χ0) is 11.3. The van der Waals surface area contributed by atoms with E-state index in [1.807, 2.05) is 0 Å². The molecule has 0 N–H and O–H groups in total. The Morgan fingerprint density at radius 1 is 1.53 bits per heavy atom. The first-order valence-electron chi connectivity index (χ1n) is 4.12. The van der Waals surface area contributed by atoms with Gasteiger partial charge in [-0.2, -0.15) is 0 Å². The molecule has 0 unspecified atom stereocenters. The standard InChI is InChI=1S/C9H7ClN2O3/c10-8-2-1-3-9(12(14)15)7(8)4-5-11-6-13/h1-3H,4-5H2. The van der Waals surface area contributed by atoms with Gasteiger partial charge >= 0.3 is 0 Å². The number of aliphatic imine (C=N–C) groups is 1. The van der Waals surface area contributed by atoms with Crippen LogP contribution in [0.2, 0.25) is 5.02 Å². The first-order valence-corrected chi connectivity index (χ1v) is 4.50. The smallest absolute Gasteiger partial charge is 0.258 e. The third kappa shape index (κ3) is 2.87. The molecule has 0 amide bonds. The lowest BCUT2D eigenvalue weighted by Gasteiger charge is -2.02. The number of isocyanates is 1. The Morgan fingerprint density at radius 3 is 2.87 bits per heavy atom. The van der Waals surface area contributed by atoms with Gasteiger partial charge in [0, 0.05) is 12.5 Å². The topological polar surface area (TPSA) is 72.6 Å². The van der Waals surface area contributed by atoms with E-state index in [-0.39, 0.29) is 18.7 Å². The van der Waals surface area contributed by atoms with Crippen molar-refractivity contribution in [1.29, 1.82) is 0 Å². The maximum atomic E-state index is 10.6. The van der Waals surface area contributed by atoms with Crippen LogP contribution in [0.5, 0.6) is 0 Å². The molecule has 0 saturated carbocycles. The van der Waals surface area contributed by atoms with E-state index in [4.69, 9.17) is 11.6 Å². The van der Waals surface area contributed by atoms with Crippen LogP contribution in [0.1, 0.15) is 5.56 Å². The Morgan fingerprint density at radius 2 is 2.27 bits per heavy atom. The van der Waals surface area contributed by atoms with E-state index in [1.54, 1.807) is 6.07 Å². The lowest BCUT2D eigenvalue weighted by Crippen LogP contribution is -1.98. The molecule has 0 atom stereocenters. The number of nitrogens with zero attached hydrogens (tertiary/aromatic N) is 2. The van der Waals surface area contributed by atoms with Crippen molar-refractivity contribution in [1.82, 2.24) is 0 Å². The van der Waals surface area contributed by atoms with E-state index in [9.17, 15) is 14.9 Å². The van der Waals surface area contributed by atoms with E-state index in [0.717, 1.165) is 0 Å². The highest BCUT2D eigenvalue weighted by Gasteiger charge is 2.15. The monoisotopic (exact) mass is 226 g/mol. The maximum Gasteiger partial charge on any atom is 0.274 e. The number of hydrogen-bond donors (Lipinski definition) is 0. The highest BCUT2D eigenvalue weighted by molar-refractivity contribution is 6.31. The Hall–Kier alpha value is -1.71. The predicted molar refractivity (Wildman–Crippen MR) is 54.8 cm³/mol. The van der Waals surface area contributed by atoms with Crippen molar-refractivity contribution >= 4 is 23.4 Å². The van der Waals surface area contributed by atoms with Crippen molar-refractivity contribution in [2.75, 3.05) is 6.54 Å². The van der Waals surface area contributed by atoms with E-state index < -0.39 is 4.92 Å². The fourth-order valence-electron chi connectivity index (χ4n) is 1.18. The summed E-state index contributed by atoms with van der Waals surface area (Å²) >= 11 is 5.81. The van der Waals surface area contributed by atoms with Gasteiger partial charge < -0.3 is 0 Å². The molecule has 0 aliphatic carbocycles. The summed E-state index contributed by atoms with van der Waals surface area (Å²) < 4.78 is 0. The van der Waals surface area contributed by atoms with Gasteiger partial charge in [0.15, 0.2) is 0 Å². The molecule has 0 aliphatic rings. The van der Waals surface area contributed by atoms with Gasteiger partial charge in [-0.1, -0.05) is 17.7 Å².